The Hall–Kier alpha value is -2.89. The lowest BCUT2D eigenvalue weighted by molar-refractivity contribution is 0.219. The zero-order valence-corrected chi connectivity index (χ0v) is 21.3. The molecule has 1 fully saturated rings. The van der Waals surface area contributed by atoms with Gasteiger partial charge in [0.05, 0.1) is 5.04 Å². The molecule has 0 bridgehead atoms. The van der Waals surface area contributed by atoms with Crippen LogP contribution in [0.5, 0.6) is 0 Å². The smallest absolute Gasteiger partial charge is 0.130 e. The number of aliphatic imine (C=N–C) groups is 1. The summed E-state index contributed by atoms with van der Waals surface area (Å²) >= 11 is 1.59. The van der Waals surface area contributed by atoms with Crippen LogP contribution in [0, 0.1) is 5.92 Å². The van der Waals surface area contributed by atoms with Gasteiger partial charge < -0.3 is 10.2 Å². The topological polar surface area (TPSA) is 40.5 Å². The van der Waals surface area contributed by atoms with E-state index in [0.29, 0.717) is 0 Å². The minimum Gasteiger partial charge on any atom is -0.340 e. The van der Waals surface area contributed by atoms with Gasteiger partial charge in [0.15, 0.2) is 0 Å². The van der Waals surface area contributed by atoms with Crippen LogP contribution >= 0.6 is 11.8 Å². The first-order chi connectivity index (χ1) is 16.4. The molecule has 1 aliphatic heterocycles. The average Bonchev–Trinajstić information content (AvgIpc) is 2.85. The van der Waals surface area contributed by atoms with E-state index in [1.807, 2.05) is 13.1 Å². The molecule has 0 amide bonds. The summed E-state index contributed by atoms with van der Waals surface area (Å²) < 4.78 is 0. The molecule has 0 radical (unpaired) electrons. The van der Waals surface area contributed by atoms with Gasteiger partial charge in [-0.15, -0.1) is 0 Å². The van der Waals surface area contributed by atoms with Crippen molar-refractivity contribution in [3.05, 3.63) is 84.6 Å². The monoisotopic (exact) mass is 470 g/mol. The molecule has 0 aliphatic carbocycles. The number of likely N-dealkylation sites (tertiary alicyclic amines) is 1. The summed E-state index contributed by atoms with van der Waals surface area (Å²) in [5.41, 5.74) is 4.45. The minimum atomic E-state index is 0.768. The second-order valence-corrected chi connectivity index (χ2v) is 10.4. The summed E-state index contributed by atoms with van der Waals surface area (Å²) in [7, 11) is 4.02. The summed E-state index contributed by atoms with van der Waals surface area (Å²) in [5, 5.41) is 6.63. The maximum absolute atomic E-state index is 4.61. The number of nitrogens with one attached hydrogen (secondary N) is 1. The van der Waals surface area contributed by atoms with E-state index in [1.54, 1.807) is 18.8 Å². The Morgan fingerprint density at radius 3 is 2.65 bits per heavy atom. The van der Waals surface area contributed by atoms with Gasteiger partial charge in [0.2, 0.25) is 0 Å². The lowest BCUT2D eigenvalue weighted by atomic mass is 9.90. The van der Waals surface area contributed by atoms with Crippen molar-refractivity contribution in [1.29, 1.82) is 0 Å². The Labute approximate surface area is 207 Å². The van der Waals surface area contributed by atoms with Crippen molar-refractivity contribution in [2.45, 2.75) is 26.2 Å². The maximum Gasteiger partial charge on any atom is 0.130 e. The fraction of sp³-hybridized carbons (Fsp3) is 0.310. The number of pyridine rings is 1. The van der Waals surface area contributed by atoms with E-state index >= 15 is 0 Å². The van der Waals surface area contributed by atoms with Gasteiger partial charge in [-0.25, -0.2) is 4.98 Å². The third-order valence-electron chi connectivity index (χ3n) is 6.55. The molecule has 3 aromatic rings. The zero-order chi connectivity index (χ0) is 24.1. The first kappa shape index (κ1) is 24.2. The quantitative estimate of drug-likeness (QED) is 0.299. The standard InChI is InChI=1S/C29H34N4S/c1-20(25-8-6-7-24(16-25)15-23-11-13-33(5)14-12-23)32-29-18-28-17-26(9-10-27(28)19-31-29)21(2)34-22(3)30-4/h6-10,16-19,23H,1-2,11-15H2,3-5H3,(H,31,32)/b30-22-. The van der Waals surface area contributed by atoms with Gasteiger partial charge in [0.25, 0.3) is 0 Å². The number of aromatic nitrogens is 1. The fourth-order valence-corrected chi connectivity index (χ4v) is 5.07. The molecule has 0 saturated carbocycles. The molecular formula is C29H34N4S. The van der Waals surface area contributed by atoms with E-state index in [1.165, 1.54) is 31.5 Å². The van der Waals surface area contributed by atoms with Crippen molar-refractivity contribution in [2.75, 3.05) is 32.5 Å². The molecule has 2 heterocycles. The molecule has 4 nitrogen and oxygen atoms in total. The number of piperidine rings is 1. The van der Waals surface area contributed by atoms with E-state index in [-0.39, 0.29) is 0 Å². The maximum atomic E-state index is 4.61. The van der Waals surface area contributed by atoms with Crippen LogP contribution in [0.4, 0.5) is 5.82 Å². The summed E-state index contributed by atoms with van der Waals surface area (Å²) in [6.07, 6.45) is 5.59. The van der Waals surface area contributed by atoms with Gasteiger partial charge in [0, 0.05) is 29.2 Å². The molecule has 34 heavy (non-hydrogen) atoms. The lowest BCUT2D eigenvalue weighted by Crippen LogP contribution is -2.30. The molecule has 0 atom stereocenters. The lowest BCUT2D eigenvalue weighted by Gasteiger charge is -2.29. The van der Waals surface area contributed by atoms with Crippen molar-refractivity contribution in [3.8, 4) is 0 Å². The predicted molar refractivity (Wildman–Crippen MR) is 150 cm³/mol. The van der Waals surface area contributed by atoms with Crippen LogP contribution in [0.1, 0.15) is 36.5 Å². The number of fused-ring (bicyclic) bond motifs is 1. The van der Waals surface area contributed by atoms with E-state index < -0.39 is 0 Å². The largest absolute Gasteiger partial charge is 0.340 e. The Balaban J connectivity index is 1.46. The molecule has 176 valence electrons. The van der Waals surface area contributed by atoms with Crippen molar-refractivity contribution in [3.63, 3.8) is 0 Å². The highest BCUT2D eigenvalue weighted by Gasteiger charge is 2.17. The van der Waals surface area contributed by atoms with Crippen LogP contribution < -0.4 is 5.32 Å². The van der Waals surface area contributed by atoms with Gasteiger partial charge in [-0.3, -0.25) is 4.99 Å². The van der Waals surface area contributed by atoms with E-state index in [0.717, 1.165) is 55.7 Å². The summed E-state index contributed by atoms with van der Waals surface area (Å²) in [6.45, 7) is 12.9. The van der Waals surface area contributed by atoms with E-state index in [2.05, 4.69) is 88.9 Å². The third-order valence-corrected chi connectivity index (χ3v) is 7.51. The van der Waals surface area contributed by atoms with Crippen LogP contribution in [-0.4, -0.2) is 42.1 Å². The number of thioether (sulfide) groups is 1. The average molecular weight is 471 g/mol. The number of nitrogens with zero attached hydrogens (tertiary/aromatic N) is 3. The van der Waals surface area contributed by atoms with Gasteiger partial charge in [-0.2, -0.15) is 0 Å². The van der Waals surface area contributed by atoms with Crippen molar-refractivity contribution in [2.24, 2.45) is 10.9 Å². The molecular weight excluding hydrogens is 436 g/mol. The van der Waals surface area contributed by atoms with E-state index in [9.17, 15) is 0 Å². The third kappa shape index (κ3) is 6.16. The first-order valence-electron chi connectivity index (χ1n) is 11.9. The Morgan fingerprint density at radius 1 is 1.09 bits per heavy atom. The molecule has 2 aromatic carbocycles. The van der Waals surface area contributed by atoms with Crippen LogP contribution in [0.3, 0.4) is 0 Å². The Bertz CT molecular complexity index is 1220. The van der Waals surface area contributed by atoms with Gasteiger partial charge in [-0.1, -0.05) is 55.3 Å². The van der Waals surface area contributed by atoms with E-state index in [4.69, 9.17) is 0 Å². The summed E-state index contributed by atoms with van der Waals surface area (Å²) in [6, 6.07) is 17.2. The highest BCUT2D eigenvalue weighted by molar-refractivity contribution is 8.21. The van der Waals surface area contributed by atoms with Crippen LogP contribution in [0.2, 0.25) is 0 Å². The molecule has 4 rings (SSSR count). The minimum absolute atomic E-state index is 0.768. The highest BCUT2D eigenvalue weighted by atomic mass is 32.2. The zero-order valence-electron chi connectivity index (χ0n) is 20.5. The number of hydrogen-bond acceptors (Lipinski definition) is 5. The van der Waals surface area contributed by atoms with Crippen molar-refractivity contribution in [1.82, 2.24) is 9.88 Å². The van der Waals surface area contributed by atoms with Crippen LogP contribution in [0.15, 0.2) is 72.9 Å². The number of rotatable bonds is 7. The Kier molecular flexibility index (Phi) is 7.86. The van der Waals surface area contributed by atoms with Crippen LogP contribution in [0.25, 0.3) is 21.4 Å². The molecule has 1 saturated heterocycles. The predicted octanol–water partition coefficient (Wildman–Crippen LogP) is 6.95. The number of hydrogen-bond donors (Lipinski definition) is 1. The van der Waals surface area contributed by atoms with Crippen molar-refractivity contribution < 1.29 is 0 Å². The number of benzene rings is 2. The molecule has 1 N–H and O–H groups in total. The summed E-state index contributed by atoms with van der Waals surface area (Å²) in [5.74, 6) is 1.56. The molecule has 1 aromatic heterocycles. The second-order valence-electron chi connectivity index (χ2n) is 9.15. The Morgan fingerprint density at radius 2 is 1.88 bits per heavy atom. The summed E-state index contributed by atoms with van der Waals surface area (Å²) in [4.78, 5) is 12.2. The van der Waals surface area contributed by atoms with Gasteiger partial charge in [0.1, 0.15) is 5.82 Å². The SMILES string of the molecule is C=C(Nc1cc2cc(C(=C)S/C(C)=N\C)ccc2cn1)c1cccc(CC2CCN(C)CC2)c1. The van der Waals surface area contributed by atoms with Gasteiger partial charge in [-0.05, 0) is 92.5 Å². The fourth-order valence-electron chi connectivity index (χ4n) is 4.38. The molecule has 0 spiro atoms. The molecule has 5 heteroatoms. The molecule has 0 unspecified atom stereocenters. The number of anilines is 1. The molecule has 1 aliphatic rings. The van der Waals surface area contributed by atoms with Gasteiger partial charge >= 0.3 is 0 Å². The first-order valence-corrected chi connectivity index (χ1v) is 12.7. The van der Waals surface area contributed by atoms with Crippen molar-refractivity contribution >= 4 is 44.0 Å². The second kappa shape index (κ2) is 11.0. The normalized spacial score (nSPS) is 15.4. The van der Waals surface area contributed by atoms with Crippen LogP contribution in [-0.2, 0) is 6.42 Å². The highest BCUT2D eigenvalue weighted by Crippen LogP contribution is 2.30.